The van der Waals surface area contributed by atoms with E-state index in [0.717, 1.165) is 35.8 Å². The SMILES string of the molecule is Cc1csc(CNC(=O)c2ccc3c(c2)CNCC3)n1. The molecule has 2 N–H and O–H groups in total. The maximum absolute atomic E-state index is 12.2. The van der Waals surface area contributed by atoms with Crippen LogP contribution in [0.1, 0.15) is 32.2 Å². The number of carbonyl (C=O) groups excluding carboxylic acids is 1. The van der Waals surface area contributed by atoms with Gasteiger partial charge in [0.2, 0.25) is 0 Å². The molecule has 0 atom stereocenters. The van der Waals surface area contributed by atoms with Gasteiger partial charge in [-0.15, -0.1) is 11.3 Å². The lowest BCUT2D eigenvalue weighted by atomic mass is 9.98. The van der Waals surface area contributed by atoms with Gasteiger partial charge in [0.25, 0.3) is 5.91 Å². The van der Waals surface area contributed by atoms with Crippen molar-refractivity contribution in [1.29, 1.82) is 0 Å². The van der Waals surface area contributed by atoms with Crippen molar-refractivity contribution in [3.8, 4) is 0 Å². The van der Waals surface area contributed by atoms with Crippen LogP contribution < -0.4 is 10.6 Å². The van der Waals surface area contributed by atoms with Gasteiger partial charge in [-0.3, -0.25) is 4.79 Å². The van der Waals surface area contributed by atoms with E-state index >= 15 is 0 Å². The topological polar surface area (TPSA) is 54.0 Å². The fourth-order valence-electron chi connectivity index (χ4n) is 2.36. The van der Waals surface area contributed by atoms with Crippen molar-refractivity contribution in [2.75, 3.05) is 6.54 Å². The summed E-state index contributed by atoms with van der Waals surface area (Å²) in [5, 5.41) is 9.18. The number of benzene rings is 1. The second kappa shape index (κ2) is 5.73. The Hall–Kier alpha value is -1.72. The second-order valence-corrected chi connectivity index (χ2v) is 5.92. The van der Waals surface area contributed by atoms with E-state index in [-0.39, 0.29) is 5.91 Å². The lowest BCUT2D eigenvalue weighted by molar-refractivity contribution is 0.0950. The molecule has 0 fully saturated rings. The highest BCUT2D eigenvalue weighted by molar-refractivity contribution is 7.09. The highest BCUT2D eigenvalue weighted by Crippen LogP contribution is 2.16. The molecular formula is C15H17N3OS. The Balaban J connectivity index is 1.67. The quantitative estimate of drug-likeness (QED) is 0.908. The molecule has 1 aromatic heterocycles. The normalized spacial score (nSPS) is 13.8. The monoisotopic (exact) mass is 287 g/mol. The summed E-state index contributed by atoms with van der Waals surface area (Å²) in [4.78, 5) is 16.5. The van der Waals surface area contributed by atoms with Gasteiger partial charge in [-0.2, -0.15) is 0 Å². The summed E-state index contributed by atoms with van der Waals surface area (Å²) >= 11 is 1.57. The third-order valence-corrected chi connectivity index (χ3v) is 4.39. The van der Waals surface area contributed by atoms with Gasteiger partial charge in [-0.25, -0.2) is 4.98 Å². The van der Waals surface area contributed by atoms with Gasteiger partial charge in [0.15, 0.2) is 0 Å². The molecule has 2 heterocycles. The third kappa shape index (κ3) is 2.89. The smallest absolute Gasteiger partial charge is 0.251 e. The molecule has 1 amide bonds. The summed E-state index contributed by atoms with van der Waals surface area (Å²) in [7, 11) is 0. The summed E-state index contributed by atoms with van der Waals surface area (Å²) in [5.74, 6) is -0.0359. The molecule has 4 nitrogen and oxygen atoms in total. The molecule has 1 aliphatic heterocycles. The van der Waals surface area contributed by atoms with Crippen molar-refractivity contribution in [2.45, 2.75) is 26.4 Å². The molecular weight excluding hydrogens is 270 g/mol. The van der Waals surface area contributed by atoms with Crippen LogP contribution in [0.15, 0.2) is 23.6 Å². The first-order valence-corrected chi connectivity index (χ1v) is 7.62. The molecule has 1 aliphatic rings. The maximum Gasteiger partial charge on any atom is 0.251 e. The first-order valence-electron chi connectivity index (χ1n) is 6.74. The molecule has 104 valence electrons. The molecule has 20 heavy (non-hydrogen) atoms. The summed E-state index contributed by atoms with van der Waals surface area (Å²) < 4.78 is 0. The largest absolute Gasteiger partial charge is 0.346 e. The Morgan fingerprint density at radius 1 is 1.45 bits per heavy atom. The first kappa shape index (κ1) is 13.3. The van der Waals surface area contributed by atoms with Crippen LogP contribution in [0, 0.1) is 6.92 Å². The van der Waals surface area contributed by atoms with Crippen molar-refractivity contribution in [3.63, 3.8) is 0 Å². The molecule has 0 aliphatic carbocycles. The number of carbonyl (C=O) groups is 1. The fourth-order valence-corrected chi connectivity index (χ4v) is 3.08. The number of fused-ring (bicyclic) bond motifs is 1. The summed E-state index contributed by atoms with van der Waals surface area (Å²) in [5.41, 5.74) is 4.30. The number of rotatable bonds is 3. The van der Waals surface area contributed by atoms with E-state index in [0.29, 0.717) is 6.54 Å². The predicted octanol–water partition coefficient (Wildman–Crippen LogP) is 2.03. The average Bonchev–Trinajstić information content (AvgIpc) is 2.90. The number of nitrogens with zero attached hydrogens (tertiary/aromatic N) is 1. The Morgan fingerprint density at radius 3 is 3.15 bits per heavy atom. The molecule has 0 bridgehead atoms. The third-order valence-electron chi connectivity index (χ3n) is 3.42. The van der Waals surface area contributed by atoms with E-state index in [2.05, 4.69) is 21.7 Å². The van der Waals surface area contributed by atoms with E-state index in [9.17, 15) is 4.79 Å². The minimum Gasteiger partial charge on any atom is -0.346 e. The molecule has 0 unspecified atom stereocenters. The lowest BCUT2D eigenvalue weighted by Crippen LogP contribution is -2.26. The predicted molar refractivity (Wildman–Crippen MR) is 79.9 cm³/mol. The number of thiazole rings is 1. The maximum atomic E-state index is 12.2. The van der Waals surface area contributed by atoms with E-state index in [1.165, 1.54) is 11.1 Å². The van der Waals surface area contributed by atoms with Crippen LogP contribution >= 0.6 is 11.3 Å². The standard InChI is InChI=1S/C15H17N3OS/c1-10-9-20-14(18-10)8-17-15(19)12-3-2-11-4-5-16-7-13(11)6-12/h2-3,6,9,16H,4-5,7-8H2,1H3,(H,17,19). The van der Waals surface area contributed by atoms with Crippen LogP contribution in [-0.2, 0) is 19.5 Å². The summed E-state index contributed by atoms with van der Waals surface area (Å²) in [6.07, 6.45) is 1.04. The first-order chi connectivity index (χ1) is 9.72. The fraction of sp³-hybridized carbons (Fsp3) is 0.333. The van der Waals surface area contributed by atoms with Crippen LogP contribution in [0.3, 0.4) is 0 Å². The summed E-state index contributed by atoms with van der Waals surface area (Å²) in [6.45, 7) is 4.31. The molecule has 0 saturated carbocycles. The van der Waals surface area contributed by atoms with Crippen LogP contribution in [0.5, 0.6) is 0 Å². The summed E-state index contributed by atoms with van der Waals surface area (Å²) in [6, 6.07) is 5.97. The highest BCUT2D eigenvalue weighted by atomic mass is 32.1. The van der Waals surface area contributed by atoms with Gasteiger partial charge in [0.1, 0.15) is 5.01 Å². The van der Waals surface area contributed by atoms with Gasteiger partial charge in [0.05, 0.1) is 6.54 Å². The Bertz CT molecular complexity index is 636. The zero-order valence-electron chi connectivity index (χ0n) is 11.4. The molecule has 5 heteroatoms. The number of hydrogen-bond donors (Lipinski definition) is 2. The van der Waals surface area contributed by atoms with Crippen molar-refractivity contribution < 1.29 is 4.79 Å². The van der Waals surface area contributed by atoms with Gasteiger partial charge in [0, 0.05) is 23.2 Å². The van der Waals surface area contributed by atoms with E-state index < -0.39 is 0 Å². The van der Waals surface area contributed by atoms with Crippen molar-refractivity contribution in [2.24, 2.45) is 0 Å². The van der Waals surface area contributed by atoms with Gasteiger partial charge in [-0.1, -0.05) is 6.07 Å². The van der Waals surface area contributed by atoms with Crippen LogP contribution in [0.25, 0.3) is 0 Å². The van der Waals surface area contributed by atoms with Crippen LogP contribution in [0.4, 0.5) is 0 Å². The van der Waals surface area contributed by atoms with Gasteiger partial charge in [-0.05, 0) is 43.1 Å². The molecule has 0 spiro atoms. The van der Waals surface area contributed by atoms with Crippen molar-refractivity contribution in [3.05, 3.63) is 51.0 Å². The van der Waals surface area contributed by atoms with Crippen LogP contribution in [0.2, 0.25) is 0 Å². The van der Waals surface area contributed by atoms with E-state index in [4.69, 9.17) is 0 Å². The molecule has 1 aromatic carbocycles. The average molecular weight is 287 g/mol. The molecule has 2 aromatic rings. The number of amides is 1. The Kier molecular flexibility index (Phi) is 3.80. The van der Waals surface area contributed by atoms with E-state index in [1.54, 1.807) is 11.3 Å². The number of hydrogen-bond acceptors (Lipinski definition) is 4. The van der Waals surface area contributed by atoms with Crippen molar-refractivity contribution >= 4 is 17.2 Å². The van der Waals surface area contributed by atoms with Gasteiger partial charge < -0.3 is 10.6 Å². The molecule has 3 rings (SSSR count). The minimum absolute atomic E-state index is 0.0359. The lowest BCUT2D eigenvalue weighted by Gasteiger charge is -2.17. The van der Waals surface area contributed by atoms with Gasteiger partial charge >= 0.3 is 0 Å². The second-order valence-electron chi connectivity index (χ2n) is 4.98. The van der Waals surface area contributed by atoms with Crippen molar-refractivity contribution in [1.82, 2.24) is 15.6 Å². The zero-order chi connectivity index (χ0) is 13.9. The zero-order valence-corrected chi connectivity index (χ0v) is 12.2. The number of aromatic nitrogens is 1. The Morgan fingerprint density at radius 2 is 2.35 bits per heavy atom. The van der Waals surface area contributed by atoms with E-state index in [1.807, 2.05) is 24.4 Å². The number of nitrogens with one attached hydrogen (secondary N) is 2. The molecule has 0 radical (unpaired) electrons. The minimum atomic E-state index is -0.0359. The molecule has 0 saturated heterocycles. The number of aryl methyl sites for hydroxylation is 1. The van der Waals surface area contributed by atoms with Crippen LogP contribution in [-0.4, -0.2) is 17.4 Å². The highest BCUT2D eigenvalue weighted by Gasteiger charge is 2.12. The Labute approximate surface area is 122 Å².